The van der Waals surface area contributed by atoms with Crippen molar-refractivity contribution >= 4 is 89.7 Å². The van der Waals surface area contributed by atoms with Crippen LogP contribution in [-0.4, -0.2) is 89.3 Å². The number of benzene rings is 2. The molecule has 0 aliphatic carbocycles. The van der Waals surface area contributed by atoms with Gasteiger partial charge in [-0.3, -0.25) is 23.2 Å². The fraction of sp³-hybridized carbons (Fsp3) is 0.639. The fourth-order valence-electron chi connectivity index (χ4n) is 4.94. The first-order chi connectivity index (χ1) is 28.8. The van der Waals surface area contributed by atoms with Crippen LogP contribution in [-0.2, 0) is 71.4 Å². The second-order valence-corrected chi connectivity index (χ2v) is 22.5. The molecule has 0 spiro atoms. The summed E-state index contributed by atoms with van der Waals surface area (Å²) in [6.45, 7) is 14.3. The zero-order chi connectivity index (χ0) is 46.4. The highest BCUT2D eigenvalue weighted by molar-refractivity contribution is 9.09. The summed E-state index contributed by atoms with van der Waals surface area (Å²) in [6, 6.07) is 9.37. The lowest BCUT2D eigenvalue weighted by molar-refractivity contribution is -0.195. The van der Waals surface area contributed by atoms with Gasteiger partial charge in [0.25, 0.3) is 0 Å². The van der Waals surface area contributed by atoms with Crippen LogP contribution in [0, 0.1) is 12.7 Å². The minimum atomic E-state index is -3.98. The fourth-order valence-corrected chi connectivity index (χ4v) is 12.7. The highest BCUT2D eigenvalue weighted by Crippen LogP contribution is 2.50. The highest BCUT2D eigenvalue weighted by atomic mass is 79.9. The monoisotopic (exact) mass is 1050 g/mol. The van der Waals surface area contributed by atoms with Gasteiger partial charge in [0.1, 0.15) is 5.82 Å². The molecule has 0 bridgehead atoms. The Balaban J connectivity index is 0.00000110. The van der Waals surface area contributed by atoms with E-state index in [2.05, 4.69) is 36.5 Å². The molecule has 25 heteroatoms. The Bertz CT molecular complexity index is 1760. The van der Waals surface area contributed by atoms with Gasteiger partial charge in [-0.05, 0) is 91.5 Å². The smallest absolute Gasteiger partial charge is 0.330 e. The molecule has 1 amide bonds. The number of nitrogens with two attached hydrogens (primary N) is 1. The molecule has 17 nitrogen and oxygen atoms in total. The number of aryl methyl sites for hydroxylation is 1. The molecule has 0 radical (unpaired) electrons. The Kier molecular flexibility index (Phi) is 33.0. The molecule has 2 aromatic rings. The number of amides is 1. The van der Waals surface area contributed by atoms with Gasteiger partial charge in [-0.25, -0.2) is 12.8 Å². The Morgan fingerprint density at radius 1 is 0.803 bits per heavy atom. The summed E-state index contributed by atoms with van der Waals surface area (Å²) in [6.07, 6.45) is 1.96. The number of carbonyl (C=O) groups is 1. The van der Waals surface area contributed by atoms with Gasteiger partial charge in [-0.15, -0.1) is 9.32 Å². The van der Waals surface area contributed by atoms with Crippen molar-refractivity contribution in [2.75, 3.05) is 80.3 Å². The van der Waals surface area contributed by atoms with E-state index in [9.17, 15) is 31.3 Å². The van der Waals surface area contributed by atoms with Crippen molar-refractivity contribution in [3.8, 4) is 0 Å². The Morgan fingerprint density at radius 2 is 1.30 bits per heavy atom. The number of alkyl halides is 1. The lowest BCUT2D eigenvalue weighted by atomic mass is 10.1. The van der Waals surface area contributed by atoms with E-state index in [-0.39, 0.29) is 42.9 Å². The molecule has 0 saturated heterocycles. The van der Waals surface area contributed by atoms with Crippen molar-refractivity contribution in [1.29, 1.82) is 0 Å². The summed E-state index contributed by atoms with van der Waals surface area (Å²) >= 11 is 10.4. The van der Waals surface area contributed by atoms with E-state index in [1.165, 1.54) is 18.2 Å². The van der Waals surface area contributed by atoms with Crippen LogP contribution in [0.15, 0.2) is 36.4 Å². The highest BCUT2D eigenvalue weighted by Gasteiger charge is 2.26. The number of halogens is 3. The van der Waals surface area contributed by atoms with Gasteiger partial charge in [0, 0.05) is 28.8 Å². The van der Waals surface area contributed by atoms with Gasteiger partial charge in [-0.2, -0.15) is 5.90 Å². The van der Waals surface area contributed by atoms with E-state index in [0.29, 0.717) is 62.2 Å². The first-order valence-electron chi connectivity index (χ1n) is 19.5. The van der Waals surface area contributed by atoms with Crippen LogP contribution in [0.1, 0.15) is 71.9 Å². The molecule has 2 rings (SSSR count). The molecule has 0 aliphatic heterocycles. The van der Waals surface area contributed by atoms with Gasteiger partial charge < -0.3 is 32.5 Å². The van der Waals surface area contributed by atoms with Crippen LogP contribution in [0.5, 0.6) is 0 Å². The summed E-state index contributed by atoms with van der Waals surface area (Å²) in [5.74, 6) is 3.51. The number of hydrogen-bond acceptors (Lipinski definition) is 17. The molecule has 0 aliphatic rings. The van der Waals surface area contributed by atoms with Gasteiger partial charge in [-0.1, -0.05) is 51.3 Å². The zero-order valence-electron chi connectivity index (χ0n) is 35.9. The molecule has 4 N–H and O–H groups in total. The molecule has 0 heterocycles. The topological polar surface area (TPSA) is 226 Å². The van der Waals surface area contributed by atoms with Gasteiger partial charge in [0.05, 0.1) is 81.0 Å². The average molecular weight is 1050 g/mol. The molecular weight excluding hydrogens is 990 g/mol. The second kappa shape index (κ2) is 33.5. The summed E-state index contributed by atoms with van der Waals surface area (Å²) < 4.78 is 112. The number of hydrogen-bond donors (Lipinski definition) is 3. The van der Waals surface area contributed by atoms with Gasteiger partial charge in [0.15, 0.2) is 0 Å². The van der Waals surface area contributed by atoms with Crippen molar-refractivity contribution in [3.05, 3.63) is 58.4 Å². The molecule has 0 saturated carbocycles. The third-order valence-corrected chi connectivity index (χ3v) is 16.6. The maximum atomic E-state index is 14.2. The van der Waals surface area contributed by atoms with Crippen LogP contribution >= 0.6 is 62.4 Å². The second-order valence-electron chi connectivity index (χ2n) is 12.1. The van der Waals surface area contributed by atoms with E-state index >= 15 is 0 Å². The number of carbonyl (C=O) groups excluding carboxylic acids is 1. The number of nitrogens with one attached hydrogen (secondary N) is 2. The van der Waals surface area contributed by atoms with Crippen LogP contribution < -0.4 is 15.9 Å². The average Bonchev–Trinajstić information content (AvgIpc) is 3.17. The van der Waals surface area contributed by atoms with Crippen molar-refractivity contribution in [2.45, 2.75) is 74.1 Å². The Labute approximate surface area is 378 Å². The molecule has 61 heavy (non-hydrogen) atoms. The number of para-hydroxylation sites is 1. The van der Waals surface area contributed by atoms with Gasteiger partial charge in [0.2, 0.25) is 15.9 Å². The largest absolute Gasteiger partial charge is 0.352 e. The molecule has 0 aromatic heterocycles. The van der Waals surface area contributed by atoms with Crippen LogP contribution in [0.3, 0.4) is 0 Å². The standard InChI is InChI=1S/C22H29ClFN2O6PS.C7H16BrO3P.C7H18NO5PS/c1-4-31-33(28,32-5-2)12-7-13-34(29,30)26-21(27)15-17-14-16(3)10-11-20(17)25-22-18(23)8-6-9-19(22)24;1-3-10-12(9,11-4-2)7-5-6-8;1-3-10-14(9,11-4-2)6-5-7-15-13-12-8/h6,8-11,14,25H,4-5,7,12-13,15H2,1-3H3,(H,26,27);3-7H2,1-2H3;3-8H2,1-2H3. The van der Waals surface area contributed by atoms with Crippen LogP contribution in [0.2, 0.25) is 5.02 Å². The maximum Gasteiger partial charge on any atom is 0.330 e. The first kappa shape index (κ1) is 60.0. The normalized spacial score (nSPS) is 11.9. The van der Waals surface area contributed by atoms with E-state index in [4.69, 9.17) is 38.7 Å². The van der Waals surface area contributed by atoms with Crippen molar-refractivity contribution in [2.24, 2.45) is 5.90 Å². The summed E-state index contributed by atoms with van der Waals surface area (Å²) in [5, 5.41) is 3.88. The molecule has 354 valence electrons. The van der Waals surface area contributed by atoms with Gasteiger partial charge >= 0.3 is 22.8 Å². The summed E-state index contributed by atoms with van der Waals surface area (Å²) in [7, 11) is -13.0. The third-order valence-electron chi connectivity index (χ3n) is 7.22. The van der Waals surface area contributed by atoms with Crippen molar-refractivity contribution < 1.29 is 67.8 Å². The molecule has 2 aromatic carbocycles. The van der Waals surface area contributed by atoms with Crippen LogP contribution in [0.4, 0.5) is 15.8 Å². The van der Waals surface area contributed by atoms with E-state index < -0.39 is 50.3 Å². The Hall–Kier alpha value is -0.960. The number of rotatable bonds is 30. The molecule has 0 atom stereocenters. The maximum absolute atomic E-state index is 14.2. The third kappa shape index (κ3) is 27.2. The minimum absolute atomic E-state index is 0.0110. The summed E-state index contributed by atoms with van der Waals surface area (Å²) in [5.41, 5.74) is 1.76. The molecule has 0 fully saturated rings. The molecule has 0 unspecified atom stereocenters. The lowest BCUT2D eigenvalue weighted by Gasteiger charge is -2.17. The number of sulfonamides is 1. The van der Waals surface area contributed by atoms with E-state index in [1.54, 1.807) is 45.9 Å². The van der Waals surface area contributed by atoms with Crippen molar-refractivity contribution in [1.82, 2.24) is 4.72 Å². The minimum Gasteiger partial charge on any atom is -0.352 e. The predicted octanol–water partition coefficient (Wildman–Crippen LogP) is 10.3. The zero-order valence-corrected chi connectivity index (χ0v) is 42.5. The quantitative estimate of drug-likeness (QED) is 0.0165. The Morgan fingerprint density at radius 3 is 1.75 bits per heavy atom. The first-order valence-corrected chi connectivity index (χ1v) is 28.8. The number of anilines is 2. The lowest BCUT2D eigenvalue weighted by Crippen LogP contribution is -2.34. The summed E-state index contributed by atoms with van der Waals surface area (Å²) in [4.78, 5) is 16.4. The van der Waals surface area contributed by atoms with Crippen molar-refractivity contribution in [3.63, 3.8) is 0 Å². The van der Waals surface area contributed by atoms with E-state index in [0.717, 1.165) is 29.4 Å². The SMILES string of the molecule is CCOP(=O)(CCCBr)OCC.CCOP(=O)(CCCS(=O)(=O)NC(=O)Cc1cc(C)ccc1Nc1c(F)cccc1Cl)OCC.CCOP(=O)(CCCSOON)OCC. The predicted molar refractivity (Wildman–Crippen MR) is 245 cm³/mol. The van der Waals surface area contributed by atoms with E-state index in [1.807, 2.05) is 25.5 Å². The molecular formula is C36H63BrClFN3O14P3S2. The van der Waals surface area contributed by atoms with Crippen LogP contribution in [0.25, 0.3) is 0 Å².